The molecule has 1 fully saturated rings. The van der Waals surface area contributed by atoms with Crippen LogP contribution in [0.15, 0.2) is 41.8 Å². The van der Waals surface area contributed by atoms with Crippen LogP contribution in [0.1, 0.15) is 38.3 Å². The third kappa shape index (κ3) is 4.65. The van der Waals surface area contributed by atoms with Crippen molar-refractivity contribution in [1.82, 2.24) is 26.1 Å². The molecule has 0 aromatic heterocycles. The average Bonchev–Trinajstić information content (AvgIpc) is 3.30. The van der Waals surface area contributed by atoms with Crippen LogP contribution in [0, 0.1) is 5.92 Å². The van der Waals surface area contributed by atoms with Crippen molar-refractivity contribution in [2.75, 3.05) is 12.3 Å². The predicted molar refractivity (Wildman–Crippen MR) is 118 cm³/mol. The fourth-order valence-electron chi connectivity index (χ4n) is 3.74. The lowest BCUT2D eigenvalue weighted by atomic mass is 10.00. The molecule has 0 saturated carbocycles. The Hall–Kier alpha value is -1.90. The van der Waals surface area contributed by atoms with Gasteiger partial charge in [-0.1, -0.05) is 49.3 Å². The molecule has 3 aliphatic heterocycles. The quantitative estimate of drug-likeness (QED) is 0.639. The van der Waals surface area contributed by atoms with Crippen LogP contribution in [0.2, 0.25) is 5.02 Å². The number of amidine groups is 1. The monoisotopic (exact) mass is 434 g/mol. The molecule has 3 unspecified atom stereocenters. The van der Waals surface area contributed by atoms with E-state index in [0.717, 1.165) is 29.6 Å². The molecule has 1 aromatic carbocycles. The van der Waals surface area contributed by atoms with E-state index in [1.165, 1.54) is 17.3 Å². The number of benzene rings is 1. The minimum absolute atomic E-state index is 0.0507. The van der Waals surface area contributed by atoms with Crippen LogP contribution < -0.4 is 16.2 Å². The maximum Gasteiger partial charge on any atom is 0.230 e. The number of fused-ring (bicyclic) bond motifs is 3. The van der Waals surface area contributed by atoms with Crippen molar-refractivity contribution in [3.63, 3.8) is 0 Å². The van der Waals surface area contributed by atoms with Crippen molar-refractivity contribution in [2.45, 2.75) is 44.9 Å². The molecule has 3 aliphatic rings. The lowest BCUT2D eigenvalue weighted by Gasteiger charge is -2.36. The lowest BCUT2D eigenvalue weighted by Crippen LogP contribution is -2.54. The molecule has 29 heavy (non-hydrogen) atoms. The highest BCUT2D eigenvalue weighted by atomic mass is 35.5. The number of carbonyl (C=O) groups excluding carboxylic acids is 1. The van der Waals surface area contributed by atoms with Crippen molar-refractivity contribution in [2.24, 2.45) is 11.0 Å². The van der Waals surface area contributed by atoms with Crippen molar-refractivity contribution in [3.8, 4) is 0 Å². The Morgan fingerprint density at radius 2 is 2.14 bits per heavy atom. The van der Waals surface area contributed by atoms with Crippen molar-refractivity contribution in [3.05, 3.63) is 47.3 Å². The highest BCUT2D eigenvalue weighted by Gasteiger charge is 2.44. The minimum atomic E-state index is 0.0507. The van der Waals surface area contributed by atoms with Crippen molar-refractivity contribution < 1.29 is 4.79 Å². The van der Waals surface area contributed by atoms with E-state index >= 15 is 0 Å². The maximum absolute atomic E-state index is 12.1. The summed E-state index contributed by atoms with van der Waals surface area (Å²) in [4.78, 5) is 14.2. The van der Waals surface area contributed by atoms with Crippen LogP contribution >= 0.6 is 23.4 Å². The van der Waals surface area contributed by atoms with Gasteiger partial charge >= 0.3 is 0 Å². The van der Waals surface area contributed by atoms with Gasteiger partial charge in [0.05, 0.1) is 17.8 Å². The van der Waals surface area contributed by atoms with Gasteiger partial charge in [0, 0.05) is 24.0 Å². The molecule has 4 rings (SSSR count). The first-order chi connectivity index (χ1) is 14.0. The van der Waals surface area contributed by atoms with E-state index in [4.69, 9.17) is 11.6 Å². The van der Waals surface area contributed by atoms with Crippen molar-refractivity contribution >= 4 is 34.4 Å². The standard InChI is InChI=1S/C20H27ClN6OS/c1-13(2)7-8-22-18(28)12-29-20-24-23-19-17-11-16(14-3-5-15(21)6-4-14)25-27(17)10-9-26(19)20/h3-6,9-10,13,16-17,19,23,25H,7-8,11-12H2,1-2H3,(H,22,28). The number of nitrogens with one attached hydrogen (secondary N) is 3. The van der Waals surface area contributed by atoms with Gasteiger partial charge in [-0.3, -0.25) is 10.2 Å². The molecule has 0 radical (unpaired) electrons. The summed E-state index contributed by atoms with van der Waals surface area (Å²) in [6, 6.07) is 8.45. The zero-order valence-corrected chi connectivity index (χ0v) is 18.2. The third-order valence-electron chi connectivity index (χ3n) is 5.35. The van der Waals surface area contributed by atoms with Gasteiger partial charge in [0.15, 0.2) is 5.17 Å². The highest BCUT2D eigenvalue weighted by molar-refractivity contribution is 8.14. The minimum Gasteiger partial charge on any atom is -0.355 e. The van der Waals surface area contributed by atoms with E-state index in [0.29, 0.717) is 11.7 Å². The van der Waals surface area contributed by atoms with Gasteiger partial charge in [0.1, 0.15) is 6.17 Å². The summed E-state index contributed by atoms with van der Waals surface area (Å²) in [6.07, 6.45) is 6.05. The molecule has 3 heterocycles. The van der Waals surface area contributed by atoms with Crippen LogP contribution in [0.5, 0.6) is 0 Å². The number of halogens is 1. The second-order valence-electron chi connectivity index (χ2n) is 7.94. The number of nitrogens with zero attached hydrogens (tertiary/aromatic N) is 3. The zero-order chi connectivity index (χ0) is 20.4. The fourth-order valence-corrected chi connectivity index (χ4v) is 4.67. The molecule has 9 heteroatoms. The Balaban J connectivity index is 1.31. The normalized spacial score (nSPS) is 25.0. The van der Waals surface area contributed by atoms with Gasteiger partial charge in [-0.15, -0.1) is 0 Å². The summed E-state index contributed by atoms with van der Waals surface area (Å²) >= 11 is 7.48. The number of hydrogen-bond donors (Lipinski definition) is 3. The summed E-state index contributed by atoms with van der Waals surface area (Å²) in [5.74, 6) is 1.01. The van der Waals surface area contributed by atoms with Crippen LogP contribution in [0.3, 0.4) is 0 Å². The van der Waals surface area contributed by atoms with E-state index in [2.05, 4.69) is 57.2 Å². The SMILES string of the molecule is CC(C)CCNC(=O)CSC1=NNC2C3CC(c4ccc(Cl)cc4)NN3C=CN12. The summed E-state index contributed by atoms with van der Waals surface area (Å²) in [5.41, 5.74) is 8.02. The Bertz CT molecular complexity index is 799. The Morgan fingerprint density at radius 3 is 2.90 bits per heavy atom. The largest absolute Gasteiger partial charge is 0.355 e. The first kappa shape index (κ1) is 20.4. The number of hydrazone groups is 1. The molecule has 3 N–H and O–H groups in total. The van der Waals surface area contributed by atoms with E-state index in [9.17, 15) is 4.79 Å². The molecule has 1 aromatic rings. The molecular formula is C20H27ClN6OS. The molecule has 1 saturated heterocycles. The number of amides is 1. The van der Waals surface area contributed by atoms with Gasteiger partial charge in [0.2, 0.25) is 5.91 Å². The second kappa shape index (κ2) is 8.85. The Kier molecular flexibility index (Phi) is 6.22. The van der Waals surface area contributed by atoms with Crippen LogP contribution in [0.25, 0.3) is 0 Å². The van der Waals surface area contributed by atoms with Gasteiger partial charge in [-0.05, 0) is 36.5 Å². The molecule has 3 atom stereocenters. The summed E-state index contributed by atoms with van der Waals surface area (Å²) < 4.78 is 0. The smallest absolute Gasteiger partial charge is 0.230 e. The van der Waals surface area contributed by atoms with Gasteiger partial charge in [-0.2, -0.15) is 5.10 Å². The number of rotatable bonds is 6. The summed E-state index contributed by atoms with van der Waals surface area (Å²) in [5, 5.41) is 11.2. The molecule has 0 bridgehead atoms. The average molecular weight is 435 g/mol. The molecule has 7 nitrogen and oxygen atoms in total. The van der Waals surface area contributed by atoms with Crippen LogP contribution in [-0.4, -0.2) is 45.5 Å². The molecule has 0 aliphatic carbocycles. The first-order valence-electron chi connectivity index (χ1n) is 10.0. The number of thioether (sulfide) groups is 1. The molecule has 1 amide bonds. The lowest BCUT2D eigenvalue weighted by molar-refractivity contribution is -0.118. The zero-order valence-electron chi connectivity index (χ0n) is 16.6. The van der Waals surface area contributed by atoms with Crippen LogP contribution in [0.4, 0.5) is 0 Å². The van der Waals surface area contributed by atoms with Gasteiger partial charge in [0.25, 0.3) is 0 Å². The topological polar surface area (TPSA) is 72.0 Å². The fraction of sp³-hybridized carbons (Fsp3) is 0.500. The molecular weight excluding hydrogens is 408 g/mol. The van der Waals surface area contributed by atoms with E-state index in [1.807, 2.05) is 24.5 Å². The second-order valence-corrected chi connectivity index (χ2v) is 9.32. The van der Waals surface area contributed by atoms with E-state index < -0.39 is 0 Å². The molecule has 0 spiro atoms. The van der Waals surface area contributed by atoms with E-state index in [-0.39, 0.29) is 24.2 Å². The third-order valence-corrected chi connectivity index (χ3v) is 6.57. The van der Waals surface area contributed by atoms with Crippen LogP contribution in [-0.2, 0) is 4.79 Å². The van der Waals surface area contributed by atoms with Gasteiger partial charge < -0.3 is 15.2 Å². The maximum atomic E-state index is 12.1. The van der Waals surface area contributed by atoms with E-state index in [1.54, 1.807) is 0 Å². The number of carbonyl (C=O) groups is 1. The molecule has 156 valence electrons. The predicted octanol–water partition coefficient (Wildman–Crippen LogP) is 2.84. The van der Waals surface area contributed by atoms with Gasteiger partial charge in [-0.25, -0.2) is 5.43 Å². The van der Waals surface area contributed by atoms with Crippen molar-refractivity contribution in [1.29, 1.82) is 0 Å². The number of hydrogen-bond acceptors (Lipinski definition) is 7. The summed E-state index contributed by atoms with van der Waals surface area (Å²) in [6.45, 7) is 5.03. The first-order valence-corrected chi connectivity index (χ1v) is 11.4. The number of hydrazine groups is 1. The Morgan fingerprint density at radius 1 is 1.34 bits per heavy atom. The Labute approximate surface area is 180 Å². The highest BCUT2D eigenvalue weighted by Crippen LogP contribution is 2.35. The summed E-state index contributed by atoms with van der Waals surface area (Å²) in [7, 11) is 0.